The fourth-order valence-electron chi connectivity index (χ4n) is 2.81. The number of hydrogen-bond donors (Lipinski definition) is 1. The Bertz CT molecular complexity index is 1160. The first-order valence-corrected chi connectivity index (χ1v) is 10.4. The Kier molecular flexibility index (Phi) is 7.28. The van der Waals surface area contributed by atoms with E-state index in [2.05, 4.69) is 10.3 Å². The van der Waals surface area contributed by atoms with Crippen LogP contribution in [0.3, 0.4) is 0 Å². The van der Waals surface area contributed by atoms with Crippen molar-refractivity contribution in [3.8, 4) is 11.8 Å². The zero-order chi connectivity index (χ0) is 23.1. The monoisotopic (exact) mass is 457 g/mol. The maximum Gasteiger partial charge on any atom is 0.416 e. The van der Waals surface area contributed by atoms with E-state index in [1.165, 1.54) is 18.3 Å². The van der Waals surface area contributed by atoms with Crippen molar-refractivity contribution in [3.05, 3.63) is 81.9 Å². The van der Waals surface area contributed by atoms with Crippen molar-refractivity contribution in [1.82, 2.24) is 4.98 Å². The number of anilines is 1. The van der Waals surface area contributed by atoms with Gasteiger partial charge in [-0.3, -0.25) is 10.1 Å². The van der Waals surface area contributed by atoms with Crippen LogP contribution < -0.4 is 10.1 Å². The number of carbonyl (C=O) groups is 1. The summed E-state index contributed by atoms with van der Waals surface area (Å²) in [6.45, 7) is 2.40. The number of aromatic nitrogens is 1. The smallest absolute Gasteiger partial charge is 0.416 e. The number of rotatable bonds is 7. The molecule has 1 amide bonds. The van der Waals surface area contributed by atoms with Gasteiger partial charge in [0.15, 0.2) is 5.13 Å². The van der Waals surface area contributed by atoms with E-state index >= 15 is 0 Å². The third kappa shape index (κ3) is 6.18. The molecular formula is C23H18F3N3O2S. The topological polar surface area (TPSA) is 75.0 Å². The van der Waals surface area contributed by atoms with Crippen LogP contribution >= 0.6 is 11.3 Å². The van der Waals surface area contributed by atoms with Crippen molar-refractivity contribution in [2.75, 3.05) is 11.9 Å². The molecule has 5 nitrogen and oxygen atoms in total. The molecule has 0 saturated heterocycles. The second kappa shape index (κ2) is 10.1. The summed E-state index contributed by atoms with van der Waals surface area (Å²) in [5.74, 6) is 0.0602. The summed E-state index contributed by atoms with van der Waals surface area (Å²) in [5.41, 5.74) is 0.314. The Hall–Kier alpha value is -3.64. The second-order valence-corrected chi connectivity index (χ2v) is 7.75. The van der Waals surface area contributed by atoms with Gasteiger partial charge in [-0.15, -0.1) is 11.3 Å². The number of ether oxygens (including phenoxy) is 1. The van der Waals surface area contributed by atoms with Gasteiger partial charge in [-0.1, -0.05) is 30.3 Å². The number of alkyl halides is 3. The zero-order valence-corrected chi connectivity index (χ0v) is 17.8. The molecule has 0 atom stereocenters. The first-order chi connectivity index (χ1) is 15.3. The van der Waals surface area contributed by atoms with E-state index in [-0.39, 0.29) is 17.1 Å². The fraction of sp³-hybridized carbons (Fsp3) is 0.174. The average Bonchev–Trinajstić information content (AvgIpc) is 3.19. The molecule has 0 fully saturated rings. The molecule has 0 saturated carbocycles. The lowest BCUT2D eigenvalue weighted by atomic mass is 10.1. The van der Waals surface area contributed by atoms with Crippen molar-refractivity contribution in [2.24, 2.45) is 0 Å². The van der Waals surface area contributed by atoms with E-state index in [0.29, 0.717) is 28.4 Å². The maximum absolute atomic E-state index is 12.9. The van der Waals surface area contributed by atoms with Gasteiger partial charge >= 0.3 is 6.18 Å². The minimum absolute atomic E-state index is 0.108. The van der Waals surface area contributed by atoms with Crippen LogP contribution in [0, 0.1) is 11.3 Å². The highest BCUT2D eigenvalue weighted by Crippen LogP contribution is 2.30. The molecule has 2 aromatic carbocycles. The molecule has 0 aliphatic heterocycles. The van der Waals surface area contributed by atoms with Crippen molar-refractivity contribution in [3.63, 3.8) is 0 Å². The molecular weight excluding hydrogens is 439 g/mol. The first kappa shape index (κ1) is 23.0. The van der Waals surface area contributed by atoms with Gasteiger partial charge in [0.05, 0.1) is 12.2 Å². The molecule has 1 heterocycles. The van der Waals surface area contributed by atoms with Crippen molar-refractivity contribution in [1.29, 1.82) is 5.26 Å². The SMILES string of the molecule is CCOc1ccc(/C=C(\C#N)C(=O)Nc2ncc(Cc3cccc(C(F)(F)F)c3)s2)cc1. The van der Waals surface area contributed by atoms with Crippen molar-refractivity contribution in [2.45, 2.75) is 19.5 Å². The highest BCUT2D eigenvalue weighted by molar-refractivity contribution is 7.15. The lowest BCUT2D eigenvalue weighted by molar-refractivity contribution is -0.137. The quantitative estimate of drug-likeness (QED) is 0.365. The predicted octanol–water partition coefficient (Wildman–Crippen LogP) is 5.70. The second-order valence-electron chi connectivity index (χ2n) is 6.63. The Balaban J connectivity index is 1.67. The summed E-state index contributed by atoms with van der Waals surface area (Å²) in [6.07, 6.45) is -1.23. The van der Waals surface area contributed by atoms with Crippen molar-refractivity contribution >= 4 is 28.5 Å². The van der Waals surface area contributed by atoms with Crippen LogP contribution in [0.2, 0.25) is 0 Å². The maximum atomic E-state index is 12.9. The van der Waals surface area contributed by atoms with Crippen LogP contribution in [0.25, 0.3) is 6.08 Å². The summed E-state index contributed by atoms with van der Waals surface area (Å²) in [6, 6.07) is 13.9. The molecule has 164 valence electrons. The van der Waals surface area contributed by atoms with Gasteiger partial charge in [0, 0.05) is 17.5 Å². The largest absolute Gasteiger partial charge is 0.494 e. The number of amides is 1. The molecule has 0 aliphatic rings. The summed E-state index contributed by atoms with van der Waals surface area (Å²) < 4.78 is 44.0. The van der Waals surface area contributed by atoms with Gasteiger partial charge in [0.2, 0.25) is 0 Å². The van der Waals surface area contributed by atoms with Gasteiger partial charge in [0.25, 0.3) is 5.91 Å². The van der Waals surface area contributed by atoms with Gasteiger partial charge in [-0.2, -0.15) is 18.4 Å². The Morgan fingerprint density at radius 3 is 2.66 bits per heavy atom. The van der Waals surface area contributed by atoms with Crippen LogP contribution in [-0.2, 0) is 17.4 Å². The molecule has 0 radical (unpaired) electrons. The van der Waals surface area contributed by atoms with E-state index in [4.69, 9.17) is 4.74 Å². The average molecular weight is 457 g/mol. The number of nitrogens with one attached hydrogen (secondary N) is 1. The number of benzene rings is 2. The number of halogens is 3. The minimum atomic E-state index is -4.41. The molecule has 3 aromatic rings. The van der Waals surface area contributed by atoms with E-state index in [1.807, 2.05) is 13.0 Å². The third-order valence-electron chi connectivity index (χ3n) is 4.27. The molecule has 9 heteroatoms. The van der Waals surface area contributed by atoms with Gasteiger partial charge in [-0.05, 0) is 42.3 Å². The fourth-order valence-corrected chi connectivity index (χ4v) is 3.65. The summed E-state index contributed by atoms with van der Waals surface area (Å²) in [4.78, 5) is 17.2. The van der Waals surface area contributed by atoms with Crippen LogP contribution in [0.15, 0.2) is 60.3 Å². The highest BCUT2D eigenvalue weighted by Gasteiger charge is 2.30. The molecule has 0 unspecified atom stereocenters. The minimum Gasteiger partial charge on any atom is -0.494 e. The number of nitriles is 1. The molecule has 1 N–H and O–H groups in total. The number of carbonyl (C=O) groups excluding carboxylic acids is 1. The molecule has 32 heavy (non-hydrogen) atoms. The number of hydrogen-bond acceptors (Lipinski definition) is 5. The molecule has 0 aliphatic carbocycles. The van der Waals surface area contributed by atoms with E-state index < -0.39 is 17.6 Å². The van der Waals surface area contributed by atoms with E-state index in [0.717, 1.165) is 23.5 Å². The summed E-state index contributed by atoms with van der Waals surface area (Å²) in [7, 11) is 0. The molecule has 0 spiro atoms. The lowest BCUT2D eigenvalue weighted by Crippen LogP contribution is -2.13. The van der Waals surface area contributed by atoms with E-state index in [9.17, 15) is 23.2 Å². The normalized spacial score (nSPS) is 11.7. The molecule has 0 bridgehead atoms. The van der Waals surface area contributed by atoms with Crippen LogP contribution in [0.1, 0.15) is 28.5 Å². The Labute approximate surface area is 186 Å². The first-order valence-electron chi connectivity index (χ1n) is 9.55. The highest BCUT2D eigenvalue weighted by atomic mass is 32.1. The van der Waals surface area contributed by atoms with Gasteiger partial charge in [0.1, 0.15) is 17.4 Å². The number of thiazole rings is 1. The lowest BCUT2D eigenvalue weighted by Gasteiger charge is -2.07. The molecule has 3 rings (SSSR count). The zero-order valence-electron chi connectivity index (χ0n) is 16.9. The summed E-state index contributed by atoms with van der Waals surface area (Å²) >= 11 is 1.13. The van der Waals surface area contributed by atoms with Crippen molar-refractivity contribution < 1.29 is 22.7 Å². The summed E-state index contributed by atoms with van der Waals surface area (Å²) in [5, 5.41) is 12.2. The van der Waals surface area contributed by atoms with Gasteiger partial charge < -0.3 is 4.74 Å². The van der Waals surface area contributed by atoms with E-state index in [1.54, 1.807) is 30.3 Å². The Morgan fingerprint density at radius 2 is 2.00 bits per heavy atom. The predicted molar refractivity (Wildman–Crippen MR) is 116 cm³/mol. The van der Waals surface area contributed by atoms with Crippen LogP contribution in [-0.4, -0.2) is 17.5 Å². The third-order valence-corrected chi connectivity index (χ3v) is 5.19. The van der Waals surface area contributed by atoms with Crippen LogP contribution in [0.5, 0.6) is 5.75 Å². The van der Waals surface area contributed by atoms with Gasteiger partial charge in [-0.25, -0.2) is 4.98 Å². The number of nitrogens with zero attached hydrogens (tertiary/aromatic N) is 2. The Morgan fingerprint density at radius 1 is 1.25 bits per heavy atom. The van der Waals surface area contributed by atoms with Crippen LogP contribution in [0.4, 0.5) is 18.3 Å². The standard InChI is InChI=1S/C23H18F3N3O2S/c1-2-31-19-8-6-15(7-9-19)10-17(13-27)21(30)29-22-28-14-20(32-22)12-16-4-3-5-18(11-16)23(24,25)26/h3-11,14H,2,12H2,1H3,(H,28,29,30)/b17-10+. The molecule has 1 aromatic heterocycles.